The highest BCUT2D eigenvalue weighted by molar-refractivity contribution is 5.96. The maximum atomic E-state index is 12.4. The molecule has 4 rings (SSSR count). The van der Waals surface area contributed by atoms with Crippen molar-refractivity contribution in [3.05, 3.63) is 29.8 Å². The molecular weight excluding hydrogens is 400 g/mol. The molecule has 0 atom stereocenters. The number of nitrogens with one attached hydrogen (secondary N) is 2. The lowest BCUT2D eigenvalue weighted by Gasteiger charge is -2.28. The zero-order valence-electron chi connectivity index (χ0n) is 19.3. The molecule has 0 radical (unpaired) electrons. The number of rotatable bonds is 6. The van der Waals surface area contributed by atoms with Gasteiger partial charge >= 0.3 is 0 Å². The Morgan fingerprint density at radius 1 is 0.938 bits per heavy atom. The van der Waals surface area contributed by atoms with E-state index in [0.29, 0.717) is 0 Å². The molecule has 1 saturated heterocycles. The Kier molecular flexibility index (Phi) is 7.61. The molecule has 6 heteroatoms. The first kappa shape index (κ1) is 22.6. The van der Waals surface area contributed by atoms with Gasteiger partial charge in [0.15, 0.2) is 0 Å². The number of carbonyl (C=O) groups excluding carboxylic acids is 2. The minimum absolute atomic E-state index is 0.0177. The van der Waals surface area contributed by atoms with Crippen LogP contribution in [0.2, 0.25) is 0 Å². The van der Waals surface area contributed by atoms with Gasteiger partial charge in [-0.25, -0.2) is 4.98 Å². The molecular formula is C26H36N4O2. The van der Waals surface area contributed by atoms with E-state index >= 15 is 0 Å². The Labute approximate surface area is 191 Å². The number of fused-ring (bicyclic) bond motifs is 1. The summed E-state index contributed by atoms with van der Waals surface area (Å²) in [6.45, 7) is 4.24. The van der Waals surface area contributed by atoms with Gasteiger partial charge in [0.25, 0.3) is 0 Å². The van der Waals surface area contributed by atoms with Crippen molar-refractivity contribution in [1.29, 1.82) is 0 Å². The van der Waals surface area contributed by atoms with Gasteiger partial charge in [-0.2, -0.15) is 0 Å². The third kappa shape index (κ3) is 5.99. The molecule has 1 aromatic heterocycles. The number of piperidine rings is 1. The van der Waals surface area contributed by atoms with Gasteiger partial charge in [-0.3, -0.25) is 9.59 Å². The minimum Gasteiger partial charge on any atom is -0.357 e. The van der Waals surface area contributed by atoms with Crippen molar-refractivity contribution in [2.24, 2.45) is 0 Å². The molecule has 0 spiro atoms. The van der Waals surface area contributed by atoms with Crippen molar-refractivity contribution in [3.63, 3.8) is 0 Å². The zero-order valence-corrected chi connectivity index (χ0v) is 19.3. The average Bonchev–Trinajstić information content (AvgIpc) is 3.07. The van der Waals surface area contributed by atoms with Crippen LogP contribution >= 0.6 is 0 Å². The molecule has 2 N–H and O–H groups in total. The Morgan fingerprint density at radius 3 is 2.38 bits per heavy atom. The largest absolute Gasteiger partial charge is 0.357 e. The van der Waals surface area contributed by atoms with E-state index in [1.165, 1.54) is 44.9 Å². The molecule has 2 aliphatic rings. The number of hydrogen-bond acceptors (Lipinski definition) is 4. The predicted molar refractivity (Wildman–Crippen MR) is 130 cm³/mol. The van der Waals surface area contributed by atoms with Crippen LogP contribution in [0.25, 0.3) is 10.9 Å². The molecule has 2 heterocycles. The van der Waals surface area contributed by atoms with Gasteiger partial charge in [0.2, 0.25) is 11.8 Å². The second kappa shape index (κ2) is 10.8. The smallest absolute Gasteiger partial charge is 0.224 e. The van der Waals surface area contributed by atoms with E-state index in [9.17, 15) is 9.59 Å². The van der Waals surface area contributed by atoms with Crippen LogP contribution in [0, 0.1) is 6.92 Å². The number of aryl methyl sites for hydroxylation is 1. The van der Waals surface area contributed by atoms with Crippen molar-refractivity contribution in [3.8, 4) is 0 Å². The monoisotopic (exact) mass is 436 g/mol. The van der Waals surface area contributed by atoms with Crippen LogP contribution in [0.5, 0.6) is 0 Å². The first-order valence-electron chi connectivity index (χ1n) is 12.3. The molecule has 2 fully saturated rings. The van der Waals surface area contributed by atoms with Crippen molar-refractivity contribution >= 4 is 34.2 Å². The van der Waals surface area contributed by atoms with Gasteiger partial charge in [-0.05, 0) is 68.9 Å². The quantitative estimate of drug-likeness (QED) is 0.619. The van der Waals surface area contributed by atoms with E-state index in [0.717, 1.165) is 53.9 Å². The van der Waals surface area contributed by atoms with Crippen molar-refractivity contribution in [2.75, 3.05) is 23.3 Å². The first-order chi connectivity index (χ1) is 15.6. The van der Waals surface area contributed by atoms with E-state index in [-0.39, 0.29) is 30.7 Å². The summed E-state index contributed by atoms with van der Waals surface area (Å²) in [4.78, 5) is 31.9. The van der Waals surface area contributed by atoms with Gasteiger partial charge < -0.3 is 15.5 Å². The Hall–Kier alpha value is -2.63. The summed E-state index contributed by atoms with van der Waals surface area (Å²) in [6.07, 6.45) is 11.2. The fraction of sp³-hybridized carbons (Fsp3) is 0.577. The fourth-order valence-corrected chi connectivity index (χ4v) is 4.91. The predicted octanol–water partition coefficient (Wildman–Crippen LogP) is 5.09. The number of carbonyl (C=O) groups is 2. The molecule has 6 nitrogen and oxygen atoms in total. The number of hydrogen-bond donors (Lipinski definition) is 2. The van der Waals surface area contributed by atoms with Crippen LogP contribution in [-0.2, 0) is 9.59 Å². The lowest BCUT2D eigenvalue weighted by Crippen LogP contribution is -2.34. The first-order valence-corrected chi connectivity index (χ1v) is 12.3. The molecule has 2 amide bonds. The zero-order chi connectivity index (χ0) is 22.3. The van der Waals surface area contributed by atoms with Gasteiger partial charge in [0.05, 0.1) is 5.52 Å². The maximum Gasteiger partial charge on any atom is 0.224 e. The summed E-state index contributed by atoms with van der Waals surface area (Å²) in [5, 5.41) is 7.11. The molecule has 1 aromatic carbocycles. The number of pyridine rings is 1. The molecule has 0 unspecified atom stereocenters. The van der Waals surface area contributed by atoms with Gasteiger partial charge in [-0.1, -0.05) is 25.7 Å². The second-order valence-electron chi connectivity index (χ2n) is 9.38. The number of aromatic nitrogens is 1. The summed E-state index contributed by atoms with van der Waals surface area (Å²) in [5.74, 6) is 0.901. The molecule has 1 saturated carbocycles. The summed E-state index contributed by atoms with van der Waals surface area (Å²) in [6, 6.07) is 8.29. The Morgan fingerprint density at radius 2 is 1.62 bits per heavy atom. The fourth-order valence-electron chi connectivity index (χ4n) is 4.91. The topological polar surface area (TPSA) is 74.3 Å². The summed E-state index contributed by atoms with van der Waals surface area (Å²) in [5.41, 5.74) is 2.86. The second-order valence-corrected chi connectivity index (χ2v) is 9.38. The molecule has 0 bridgehead atoms. The van der Waals surface area contributed by atoms with Crippen molar-refractivity contribution in [2.45, 2.75) is 83.6 Å². The summed E-state index contributed by atoms with van der Waals surface area (Å²) < 4.78 is 0. The summed E-state index contributed by atoms with van der Waals surface area (Å²) in [7, 11) is 0. The molecule has 1 aliphatic carbocycles. The number of nitrogens with zero attached hydrogens (tertiary/aromatic N) is 2. The SMILES string of the molecule is Cc1cc(N2CCCCC2)nc2ccc(NC(=O)CCC(=O)NC3CCCCCC3)cc12. The van der Waals surface area contributed by atoms with Crippen LogP contribution in [0.15, 0.2) is 24.3 Å². The molecule has 172 valence electrons. The standard InChI is InChI=1S/C26H36N4O2/c1-19-17-24(30-15-7-4-8-16-30)29-23-12-11-21(18-22(19)23)28-26(32)14-13-25(31)27-20-9-5-2-3-6-10-20/h11-12,17-18,20H,2-10,13-16H2,1H3,(H,27,31)(H,28,32). The van der Waals surface area contributed by atoms with E-state index in [1.54, 1.807) is 0 Å². The highest BCUT2D eigenvalue weighted by atomic mass is 16.2. The normalized spacial score (nSPS) is 17.7. The van der Waals surface area contributed by atoms with E-state index in [2.05, 4.69) is 28.5 Å². The average molecular weight is 437 g/mol. The molecule has 1 aliphatic heterocycles. The maximum absolute atomic E-state index is 12.4. The van der Waals surface area contributed by atoms with Crippen LogP contribution < -0.4 is 15.5 Å². The van der Waals surface area contributed by atoms with Crippen LogP contribution in [-0.4, -0.2) is 35.9 Å². The highest BCUT2D eigenvalue weighted by Gasteiger charge is 2.16. The van der Waals surface area contributed by atoms with Gasteiger partial charge in [0.1, 0.15) is 5.82 Å². The van der Waals surface area contributed by atoms with Crippen molar-refractivity contribution < 1.29 is 9.59 Å². The lowest BCUT2D eigenvalue weighted by atomic mass is 10.1. The lowest BCUT2D eigenvalue weighted by molar-refractivity contribution is -0.124. The Bertz CT molecular complexity index is 944. The van der Waals surface area contributed by atoms with Gasteiger partial charge in [0, 0.05) is 43.0 Å². The van der Waals surface area contributed by atoms with Gasteiger partial charge in [-0.15, -0.1) is 0 Å². The third-order valence-corrected chi connectivity index (χ3v) is 6.77. The Balaban J connectivity index is 1.32. The number of benzene rings is 1. The number of anilines is 2. The van der Waals surface area contributed by atoms with Crippen LogP contribution in [0.3, 0.4) is 0 Å². The molecule has 32 heavy (non-hydrogen) atoms. The van der Waals surface area contributed by atoms with Crippen LogP contribution in [0.1, 0.15) is 76.2 Å². The minimum atomic E-state index is -0.129. The summed E-state index contributed by atoms with van der Waals surface area (Å²) >= 11 is 0. The van der Waals surface area contributed by atoms with Crippen LogP contribution in [0.4, 0.5) is 11.5 Å². The van der Waals surface area contributed by atoms with E-state index in [4.69, 9.17) is 4.98 Å². The van der Waals surface area contributed by atoms with E-state index in [1.807, 2.05) is 18.2 Å². The van der Waals surface area contributed by atoms with E-state index < -0.39 is 0 Å². The molecule has 2 aromatic rings. The highest BCUT2D eigenvalue weighted by Crippen LogP contribution is 2.27. The number of amides is 2. The van der Waals surface area contributed by atoms with Crippen molar-refractivity contribution in [1.82, 2.24) is 10.3 Å². The third-order valence-electron chi connectivity index (χ3n) is 6.77.